The molecule has 0 amide bonds. The van der Waals surface area contributed by atoms with E-state index in [0.29, 0.717) is 17.4 Å². The number of furan rings is 1. The first-order valence-corrected chi connectivity index (χ1v) is 4.57. The molecule has 2 N–H and O–H groups in total. The van der Waals surface area contributed by atoms with Crippen molar-refractivity contribution >= 4 is 17.4 Å². The maximum absolute atomic E-state index is 5.90. The Hall–Kier alpha value is -1.42. The van der Waals surface area contributed by atoms with E-state index in [9.17, 15) is 0 Å². The Bertz CT molecular complexity index is 433. The van der Waals surface area contributed by atoms with Gasteiger partial charge in [-0.3, -0.25) is 0 Å². The van der Waals surface area contributed by atoms with Crippen molar-refractivity contribution in [3.63, 3.8) is 0 Å². The molecule has 0 spiro atoms. The number of hydrogen-bond donors (Lipinski definition) is 1. The molecular formula is C9H10ClN3O. The third-order valence-corrected chi connectivity index (χ3v) is 2.44. The van der Waals surface area contributed by atoms with Gasteiger partial charge in [0.05, 0.1) is 12.0 Å². The number of nitrogen functional groups attached to an aromatic ring is 1. The number of hydrogen-bond acceptors (Lipinski definition) is 3. The van der Waals surface area contributed by atoms with E-state index in [2.05, 4.69) is 5.10 Å². The van der Waals surface area contributed by atoms with Crippen LogP contribution in [0, 0.1) is 6.92 Å². The smallest absolute Gasteiger partial charge is 0.141 e. The summed E-state index contributed by atoms with van der Waals surface area (Å²) in [7, 11) is 0. The number of rotatable bonds is 2. The Morgan fingerprint density at radius 2 is 2.43 bits per heavy atom. The van der Waals surface area contributed by atoms with Gasteiger partial charge in [0.2, 0.25) is 0 Å². The van der Waals surface area contributed by atoms with E-state index in [1.165, 1.54) is 0 Å². The molecular weight excluding hydrogens is 202 g/mol. The second kappa shape index (κ2) is 3.38. The summed E-state index contributed by atoms with van der Waals surface area (Å²) in [5, 5.41) is 4.70. The van der Waals surface area contributed by atoms with Gasteiger partial charge in [0, 0.05) is 0 Å². The molecule has 74 valence electrons. The zero-order valence-corrected chi connectivity index (χ0v) is 8.45. The second-order valence-corrected chi connectivity index (χ2v) is 3.40. The lowest BCUT2D eigenvalue weighted by molar-refractivity contribution is 0.481. The molecule has 0 aliphatic rings. The number of nitrogens with two attached hydrogens (primary N) is 1. The summed E-state index contributed by atoms with van der Waals surface area (Å²) in [6.45, 7) is 2.32. The van der Waals surface area contributed by atoms with Gasteiger partial charge < -0.3 is 10.2 Å². The van der Waals surface area contributed by atoms with Crippen LogP contribution in [0.1, 0.15) is 11.5 Å². The van der Waals surface area contributed by atoms with Gasteiger partial charge >= 0.3 is 0 Å². The van der Waals surface area contributed by atoms with E-state index in [1.807, 2.05) is 19.1 Å². The molecule has 0 fully saturated rings. The van der Waals surface area contributed by atoms with Crippen LogP contribution in [0.5, 0.6) is 0 Å². The van der Waals surface area contributed by atoms with E-state index in [0.717, 1.165) is 11.5 Å². The van der Waals surface area contributed by atoms with Gasteiger partial charge in [-0.1, -0.05) is 11.6 Å². The van der Waals surface area contributed by atoms with Crippen molar-refractivity contribution < 1.29 is 4.42 Å². The first kappa shape index (κ1) is 9.15. The highest BCUT2D eigenvalue weighted by atomic mass is 35.5. The summed E-state index contributed by atoms with van der Waals surface area (Å²) < 4.78 is 6.80. The molecule has 0 bridgehead atoms. The third-order valence-electron chi connectivity index (χ3n) is 1.98. The predicted molar refractivity (Wildman–Crippen MR) is 54.2 cm³/mol. The molecule has 14 heavy (non-hydrogen) atoms. The molecule has 0 aromatic carbocycles. The summed E-state index contributed by atoms with van der Waals surface area (Å²) in [6, 6.07) is 3.69. The normalized spacial score (nSPS) is 10.7. The van der Waals surface area contributed by atoms with Crippen LogP contribution < -0.4 is 5.73 Å². The van der Waals surface area contributed by atoms with Crippen molar-refractivity contribution in [2.45, 2.75) is 13.5 Å². The maximum Gasteiger partial charge on any atom is 0.141 e. The first-order valence-electron chi connectivity index (χ1n) is 4.19. The fourth-order valence-corrected chi connectivity index (χ4v) is 1.38. The quantitative estimate of drug-likeness (QED) is 0.828. The highest BCUT2D eigenvalue weighted by Gasteiger charge is 2.10. The van der Waals surface area contributed by atoms with Crippen molar-refractivity contribution in [2.24, 2.45) is 0 Å². The predicted octanol–water partition coefficient (Wildman–Crippen LogP) is 2.07. The summed E-state index contributed by atoms with van der Waals surface area (Å²) in [5.74, 6) is 1.27. The molecule has 0 radical (unpaired) electrons. The van der Waals surface area contributed by atoms with Crippen LogP contribution >= 0.6 is 11.6 Å². The van der Waals surface area contributed by atoms with Crippen LogP contribution in [0.25, 0.3) is 0 Å². The van der Waals surface area contributed by atoms with Crippen LogP contribution in [0.4, 0.5) is 5.82 Å². The van der Waals surface area contributed by atoms with E-state index in [1.54, 1.807) is 10.9 Å². The Morgan fingerprint density at radius 1 is 1.64 bits per heavy atom. The molecule has 2 heterocycles. The van der Waals surface area contributed by atoms with Crippen molar-refractivity contribution in [3.05, 3.63) is 34.9 Å². The minimum atomic E-state index is 0.473. The number of nitrogens with zero attached hydrogens (tertiary/aromatic N) is 2. The lowest BCUT2D eigenvalue weighted by Crippen LogP contribution is -2.05. The van der Waals surface area contributed by atoms with Crippen LogP contribution in [0.3, 0.4) is 0 Å². The molecule has 4 nitrogen and oxygen atoms in total. The molecule has 2 aromatic rings. The van der Waals surface area contributed by atoms with Crippen molar-refractivity contribution in [2.75, 3.05) is 5.73 Å². The lowest BCUT2D eigenvalue weighted by Gasteiger charge is -2.00. The molecule has 2 rings (SSSR count). The van der Waals surface area contributed by atoms with Crippen LogP contribution in [-0.4, -0.2) is 9.78 Å². The Labute approximate surface area is 86.3 Å². The Morgan fingerprint density at radius 3 is 2.93 bits per heavy atom. The van der Waals surface area contributed by atoms with Crippen LogP contribution in [-0.2, 0) is 6.54 Å². The summed E-state index contributed by atoms with van der Waals surface area (Å²) in [6.07, 6.45) is 1.61. The minimum absolute atomic E-state index is 0.473. The zero-order valence-electron chi connectivity index (χ0n) is 7.70. The van der Waals surface area contributed by atoms with Gasteiger partial charge in [-0.05, 0) is 19.1 Å². The van der Waals surface area contributed by atoms with Gasteiger partial charge in [-0.15, -0.1) is 0 Å². The van der Waals surface area contributed by atoms with Gasteiger partial charge in [0.1, 0.15) is 23.1 Å². The van der Waals surface area contributed by atoms with Gasteiger partial charge in [0.15, 0.2) is 0 Å². The van der Waals surface area contributed by atoms with Crippen molar-refractivity contribution in [1.29, 1.82) is 0 Å². The molecule has 0 saturated carbocycles. The highest BCUT2D eigenvalue weighted by Crippen LogP contribution is 2.22. The summed E-state index contributed by atoms with van der Waals surface area (Å²) in [5.41, 5.74) is 6.48. The standard InChI is InChI=1S/C9H10ClN3O/c1-6-8(10)9(11)13(12-6)5-7-3-2-4-14-7/h2-4H,5,11H2,1H3. The zero-order chi connectivity index (χ0) is 10.1. The number of halogens is 1. The van der Waals surface area contributed by atoms with Crippen LogP contribution in [0.2, 0.25) is 5.02 Å². The SMILES string of the molecule is Cc1nn(Cc2ccco2)c(N)c1Cl. The number of anilines is 1. The summed E-state index contributed by atoms with van der Waals surface area (Å²) >= 11 is 5.90. The number of aromatic nitrogens is 2. The molecule has 0 atom stereocenters. The molecule has 0 unspecified atom stereocenters. The number of aryl methyl sites for hydroxylation is 1. The average Bonchev–Trinajstić information content (AvgIpc) is 2.73. The maximum atomic E-state index is 5.90. The third kappa shape index (κ3) is 1.48. The fraction of sp³-hybridized carbons (Fsp3) is 0.222. The average molecular weight is 212 g/mol. The highest BCUT2D eigenvalue weighted by molar-refractivity contribution is 6.33. The molecule has 0 aliphatic heterocycles. The van der Waals surface area contributed by atoms with Gasteiger partial charge in [0.25, 0.3) is 0 Å². The Balaban J connectivity index is 2.30. The van der Waals surface area contributed by atoms with Gasteiger partial charge in [-0.2, -0.15) is 5.10 Å². The molecule has 0 saturated heterocycles. The van der Waals surface area contributed by atoms with E-state index in [4.69, 9.17) is 21.8 Å². The molecule has 5 heteroatoms. The minimum Gasteiger partial charge on any atom is -0.467 e. The van der Waals surface area contributed by atoms with Gasteiger partial charge in [-0.25, -0.2) is 4.68 Å². The van der Waals surface area contributed by atoms with E-state index < -0.39 is 0 Å². The monoisotopic (exact) mass is 211 g/mol. The van der Waals surface area contributed by atoms with E-state index in [-0.39, 0.29) is 0 Å². The Kier molecular flexibility index (Phi) is 2.21. The van der Waals surface area contributed by atoms with E-state index >= 15 is 0 Å². The molecule has 0 aliphatic carbocycles. The summed E-state index contributed by atoms with van der Waals surface area (Å²) in [4.78, 5) is 0. The topological polar surface area (TPSA) is 57.0 Å². The molecule has 2 aromatic heterocycles. The lowest BCUT2D eigenvalue weighted by atomic mass is 10.4. The fourth-order valence-electron chi connectivity index (χ4n) is 1.25. The van der Waals surface area contributed by atoms with Crippen molar-refractivity contribution in [3.8, 4) is 0 Å². The van der Waals surface area contributed by atoms with Crippen molar-refractivity contribution in [1.82, 2.24) is 9.78 Å². The van der Waals surface area contributed by atoms with Crippen LogP contribution in [0.15, 0.2) is 22.8 Å². The largest absolute Gasteiger partial charge is 0.467 e. The first-order chi connectivity index (χ1) is 6.68. The second-order valence-electron chi connectivity index (χ2n) is 3.02.